The maximum absolute atomic E-state index is 10.3. The fourth-order valence-corrected chi connectivity index (χ4v) is 1.07. The van der Waals surface area contributed by atoms with Crippen LogP contribution in [0.4, 0.5) is 0 Å². The highest BCUT2D eigenvalue weighted by Gasteiger charge is 2.07. The highest BCUT2D eigenvalue weighted by Crippen LogP contribution is 2.22. The van der Waals surface area contributed by atoms with Crippen molar-refractivity contribution in [2.24, 2.45) is 5.18 Å². The van der Waals surface area contributed by atoms with Crippen molar-refractivity contribution < 1.29 is 5.11 Å². The molecule has 0 amide bonds. The number of aromatic hydroxyl groups is 1. The van der Waals surface area contributed by atoms with Crippen molar-refractivity contribution in [3.05, 3.63) is 34.7 Å². The molecule has 0 heterocycles. The Morgan fingerprint density at radius 3 is 2.42 bits per heavy atom. The molecule has 3 heteroatoms. The molecule has 0 bridgehead atoms. The third-order valence-electron chi connectivity index (χ3n) is 1.79. The van der Waals surface area contributed by atoms with Gasteiger partial charge in [-0.1, -0.05) is 24.2 Å². The maximum atomic E-state index is 10.3. The summed E-state index contributed by atoms with van der Waals surface area (Å²) >= 11 is 0. The predicted octanol–water partition coefficient (Wildman–Crippen LogP) is 2.61. The zero-order chi connectivity index (χ0) is 8.97. The number of nitroso groups, excluding NO2 is 1. The minimum absolute atomic E-state index is 0.208. The van der Waals surface area contributed by atoms with Crippen LogP contribution in [0.2, 0.25) is 0 Å². The summed E-state index contributed by atoms with van der Waals surface area (Å²) in [5, 5.41) is 11.9. The number of rotatable bonds is 3. The molecule has 3 nitrogen and oxygen atoms in total. The van der Waals surface area contributed by atoms with E-state index in [1.165, 1.54) is 0 Å². The molecule has 0 aromatic heterocycles. The monoisotopic (exact) mass is 165 g/mol. The van der Waals surface area contributed by atoms with Crippen LogP contribution in [0.15, 0.2) is 29.4 Å². The summed E-state index contributed by atoms with van der Waals surface area (Å²) in [6.07, 6.45) is 0.689. The Hall–Kier alpha value is -1.38. The summed E-state index contributed by atoms with van der Waals surface area (Å²) in [5.41, 5.74) is 0.852. The van der Waals surface area contributed by atoms with Gasteiger partial charge in [0, 0.05) is 0 Å². The fourth-order valence-electron chi connectivity index (χ4n) is 1.07. The third kappa shape index (κ3) is 1.81. The van der Waals surface area contributed by atoms with Crippen LogP contribution in [0.5, 0.6) is 5.75 Å². The van der Waals surface area contributed by atoms with E-state index in [1.807, 2.05) is 6.92 Å². The first kappa shape index (κ1) is 8.71. The molecule has 1 unspecified atom stereocenters. The number of hydrogen-bond acceptors (Lipinski definition) is 3. The molecule has 0 aliphatic heterocycles. The number of hydrogen-bond donors (Lipinski definition) is 1. The number of phenols is 1. The molecule has 1 rings (SSSR count). The second-order valence-corrected chi connectivity index (χ2v) is 2.62. The lowest BCUT2D eigenvalue weighted by Crippen LogP contribution is -1.91. The lowest BCUT2D eigenvalue weighted by atomic mass is 10.1. The van der Waals surface area contributed by atoms with Crippen molar-refractivity contribution in [2.75, 3.05) is 0 Å². The van der Waals surface area contributed by atoms with Crippen molar-refractivity contribution >= 4 is 0 Å². The fraction of sp³-hybridized carbons (Fsp3) is 0.333. The molecule has 1 N–H and O–H groups in total. The standard InChI is InChI=1S/C9H11NO2/c1-2-9(10-12)7-3-5-8(11)6-4-7/h3-6,9,11H,2H2,1H3. The normalized spacial score (nSPS) is 12.4. The first-order valence-corrected chi connectivity index (χ1v) is 3.89. The van der Waals surface area contributed by atoms with Gasteiger partial charge < -0.3 is 5.11 Å². The Morgan fingerprint density at radius 2 is 2.00 bits per heavy atom. The van der Waals surface area contributed by atoms with E-state index in [1.54, 1.807) is 24.3 Å². The van der Waals surface area contributed by atoms with Gasteiger partial charge in [0.1, 0.15) is 11.8 Å². The van der Waals surface area contributed by atoms with Gasteiger partial charge in [0.15, 0.2) is 0 Å². The van der Waals surface area contributed by atoms with Crippen LogP contribution in [-0.2, 0) is 0 Å². The van der Waals surface area contributed by atoms with Gasteiger partial charge in [-0.15, -0.1) is 0 Å². The summed E-state index contributed by atoms with van der Waals surface area (Å²) in [4.78, 5) is 10.3. The van der Waals surface area contributed by atoms with E-state index >= 15 is 0 Å². The zero-order valence-electron chi connectivity index (χ0n) is 6.90. The molecule has 0 aliphatic rings. The van der Waals surface area contributed by atoms with E-state index in [9.17, 15) is 4.91 Å². The van der Waals surface area contributed by atoms with Gasteiger partial charge in [-0.2, -0.15) is 4.91 Å². The van der Waals surface area contributed by atoms with Crippen molar-refractivity contribution in [1.82, 2.24) is 0 Å². The summed E-state index contributed by atoms with van der Waals surface area (Å²) in [6.45, 7) is 1.90. The molecule has 0 radical (unpaired) electrons. The van der Waals surface area contributed by atoms with Crippen LogP contribution in [0.3, 0.4) is 0 Å². The molecule has 0 fully saturated rings. The summed E-state index contributed by atoms with van der Waals surface area (Å²) in [6, 6.07) is 6.26. The average molecular weight is 165 g/mol. The summed E-state index contributed by atoms with van der Waals surface area (Å²) < 4.78 is 0. The Labute approximate surface area is 71.0 Å². The van der Waals surface area contributed by atoms with E-state index < -0.39 is 0 Å². The molecular weight excluding hydrogens is 154 g/mol. The van der Waals surface area contributed by atoms with Crippen molar-refractivity contribution in [1.29, 1.82) is 0 Å². The topological polar surface area (TPSA) is 49.7 Å². The number of benzene rings is 1. The molecule has 64 valence electrons. The highest BCUT2D eigenvalue weighted by molar-refractivity contribution is 5.27. The smallest absolute Gasteiger partial charge is 0.117 e. The Bertz CT molecular complexity index is 256. The average Bonchev–Trinajstić information content (AvgIpc) is 2.10. The Balaban J connectivity index is 2.87. The Kier molecular flexibility index (Phi) is 2.80. The molecule has 0 spiro atoms. The van der Waals surface area contributed by atoms with E-state index in [4.69, 9.17) is 5.11 Å². The first-order chi connectivity index (χ1) is 5.77. The van der Waals surface area contributed by atoms with Crippen molar-refractivity contribution in [2.45, 2.75) is 19.4 Å². The summed E-state index contributed by atoms with van der Waals surface area (Å²) in [5.74, 6) is 0.208. The quantitative estimate of drug-likeness (QED) is 0.700. The Morgan fingerprint density at radius 1 is 1.42 bits per heavy atom. The number of nitrogens with zero attached hydrogens (tertiary/aromatic N) is 1. The van der Waals surface area contributed by atoms with E-state index in [0.29, 0.717) is 6.42 Å². The molecular formula is C9H11NO2. The van der Waals surface area contributed by atoms with Gasteiger partial charge in [0.2, 0.25) is 0 Å². The first-order valence-electron chi connectivity index (χ1n) is 3.89. The van der Waals surface area contributed by atoms with E-state index in [-0.39, 0.29) is 11.8 Å². The van der Waals surface area contributed by atoms with Crippen LogP contribution >= 0.6 is 0 Å². The minimum atomic E-state index is -0.286. The SMILES string of the molecule is CCC(N=O)c1ccc(O)cc1. The molecule has 0 saturated carbocycles. The van der Waals surface area contributed by atoms with Crippen molar-refractivity contribution in [3.8, 4) is 5.75 Å². The second-order valence-electron chi connectivity index (χ2n) is 2.62. The van der Waals surface area contributed by atoms with Crippen LogP contribution < -0.4 is 0 Å². The van der Waals surface area contributed by atoms with Crippen LogP contribution in [-0.4, -0.2) is 5.11 Å². The molecule has 0 saturated heterocycles. The van der Waals surface area contributed by atoms with Gasteiger partial charge in [0.25, 0.3) is 0 Å². The molecule has 1 aromatic carbocycles. The zero-order valence-corrected chi connectivity index (χ0v) is 6.90. The molecule has 0 aliphatic carbocycles. The van der Waals surface area contributed by atoms with Crippen LogP contribution in [0.1, 0.15) is 24.9 Å². The van der Waals surface area contributed by atoms with Crippen LogP contribution in [0.25, 0.3) is 0 Å². The minimum Gasteiger partial charge on any atom is -0.508 e. The van der Waals surface area contributed by atoms with E-state index in [0.717, 1.165) is 5.56 Å². The third-order valence-corrected chi connectivity index (χ3v) is 1.79. The predicted molar refractivity (Wildman–Crippen MR) is 46.9 cm³/mol. The van der Waals surface area contributed by atoms with Gasteiger partial charge >= 0.3 is 0 Å². The van der Waals surface area contributed by atoms with E-state index in [2.05, 4.69) is 5.18 Å². The molecule has 1 aromatic rings. The second kappa shape index (κ2) is 3.85. The van der Waals surface area contributed by atoms with Crippen LogP contribution in [0, 0.1) is 4.91 Å². The number of phenolic OH excluding ortho intramolecular Hbond substituents is 1. The highest BCUT2D eigenvalue weighted by atomic mass is 16.3. The van der Waals surface area contributed by atoms with Gasteiger partial charge in [-0.3, -0.25) is 0 Å². The maximum Gasteiger partial charge on any atom is 0.117 e. The molecule has 12 heavy (non-hydrogen) atoms. The van der Waals surface area contributed by atoms with Gasteiger partial charge in [-0.25, -0.2) is 0 Å². The lowest BCUT2D eigenvalue weighted by Gasteiger charge is -2.05. The lowest BCUT2D eigenvalue weighted by molar-refractivity contribution is 0.474. The van der Waals surface area contributed by atoms with Crippen molar-refractivity contribution in [3.63, 3.8) is 0 Å². The van der Waals surface area contributed by atoms with Gasteiger partial charge in [-0.05, 0) is 24.1 Å². The summed E-state index contributed by atoms with van der Waals surface area (Å²) in [7, 11) is 0. The largest absolute Gasteiger partial charge is 0.508 e. The molecule has 1 atom stereocenters. The van der Waals surface area contributed by atoms with Gasteiger partial charge in [0.05, 0.1) is 0 Å².